The number of nitrogens with zero attached hydrogens (tertiary/aromatic N) is 1. The van der Waals surface area contributed by atoms with Gasteiger partial charge in [-0.1, -0.05) is 20.8 Å². The number of amides is 1. The van der Waals surface area contributed by atoms with Crippen molar-refractivity contribution in [2.45, 2.75) is 46.6 Å². The van der Waals surface area contributed by atoms with E-state index in [0.717, 1.165) is 6.42 Å². The molecular formula is C13H28N2O3S. The number of carbonyl (C=O) groups excluding carboxylic acids is 1. The van der Waals surface area contributed by atoms with Crippen LogP contribution in [0, 0.1) is 11.8 Å². The van der Waals surface area contributed by atoms with Crippen LogP contribution >= 0.6 is 0 Å². The van der Waals surface area contributed by atoms with Crippen molar-refractivity contribution in [2.24, 2.45) is 11.8 Å². The van der Waals surface area contributed by atoms with Crippen LogP contribution in [0.5, 0.6) is 0 Å². The highest BCUT2D eigenvalue weighted by Gasteiger charge is 2.20. The number of rotatable bonds is 8. The molecule has 114 valence electrons. The van der Waals surface area contributed by atoms with Crippen molar-refractivity contribution in [3.8, 4) is 0 Å². The van der Waals surface area contributed by atoms with Gasteiger partial charge in [0, 0.05) is 26.1 Å². The summed E-state index contributed by atoms with van der Waals surface area (Å²) in [5.74, 6) is 0.618. The molecule has 1 amide bonds. The molecule has 19 heavy (non-hydrogen) atoms. The van der Waals surface area contributed by atoms with Crippen LogP contribution in [0.2, 0.25) is 0 Å². The Kier molecular flexibility index (Phi) is 7.59. The second-order valence-corrected chi connectivity index (χ2v) is 7.90. The molecule has 0 radical (unpaired) electrons. The zero-order valence-corrected chi connectivity index (χ0v) is 13.8. The lowest BCUT2D eigenvalue weighted by Crippen LogP contribution is -2.42. The van der Waals surface area contributed by atoms with Gasteiger partial charge in [0.05, 0.1) is 6.26 Å². The first-order valence-corrected chi connectivity index (χ1v) is 8.59. The standard InChI is InChI=1S/C13H28N2O3S/c1-10(2)7-8-13(16)14-12(4)11(3)9-15(5)19(6,17)18/h10-12H,7-9H2,1-6H3,(H,14,16). The Bertz CT molecular complexity index is 379. The minimum atomic E-state index is -3.16. The fraction of sp³-hybridized carbons (Fsp3) is 0.923. The largest absolute Gasteiger partial charge is 0.353 e. The summed E-state index contributed by atoms with van der Waals surface area (Å²) in [5.41, 5.74) is 0. The van der Waals surface area contributed by atoms with Crippen molar-refractivity contribution in [1.82, 2.24) is 9.62 Å². The highest BCUT2D eigenvalue weighted by atomic mass is 32.2. The maximum absolute atomic E-state index is 11.7. The summed E-state index contributed by atoms with van der Waals surface area (Å²) in [6, 6.07) is -0.0381. The summed E-state index contributed by atoms with van der Waals surface area (Å²) in [4.78, 5) is 11.7. The molecule has 1 N–H and O–H groups in total. The van der Waals surface area contributed by atoms with Gasteiger partial charge in [-0.25, -0.2) is 12.7 Å². The Morgan fingerprint density at radius 2 is 1.74 bits per heavy atom. The molecule has 2 unspecified atom stereocenters. The van der Waals surface area contributed by atoms with Crippen LogP contribution in [0.25, 0.3) is 0 Å². The molecule has 0 spiro atoms. The van der Waals surface area contributed by atoms with Gasteiger partial charge in [0.15, 0.2) is 0 Å². The molecule has 0 bridgehead atoms. The Morgan fingerprint density at radius 1 is 1.21 bits per heavy atom. The normalized spacial score (nSPS) is 15.6. The van der Waals surface area contributed by atoms with E-state index >= 15 is 0 Å². The molecule has 0 aromatic carbocycles. The van der Waals surface area contributed by atoms with Gasteiger partial charge in [0.25, 0.3) is 0 Å². The minimum Gasteiger partial charge on any atom is -0.353 e. The third-order valence-electron chi connectivity index (χ3n) is 3.30. The predicted octanol–water partition coefficient (Wildman–Crippen LogP) is 1.45. The Morgan fingerprint density at radius 3 is 2.16 bits per heavy atom. The van der Waals surface area contributed by atoms with Gasteiger partial charge in [0.2, 0.25) is 15.9 Å². The molecular weight excluding hydrogens is 264 g/mol. The molecule has 0 aliphatic rings. The first-order chi connectivity index (χ1) is 8.54. The topological polar surface area (TPSA) is 66.5 Å². The molecule has 0 saturated carbocycles. The van der Waals surface area contributed by atoms with Crippen molar-refractivity contribution in [3.05, 3.63) is 0 Å². The van der Waals surface area contributed by atoms with Crippen LogP contribution in [0.1, 0.15) is 40.5 Å². The van der Waals surface area contributed by atoms with Crippen LogP contribution in [0.3, 0.4) is 0 Å². The van der Waals surface area contributed by atoms with E-state index in [1.54, 1.807) is 7.05 Å². The summed E-state index contributed by atoms with van der Waals surface area (Å²) in [5, 5.41) is 2.93. The molecule has 0 aromatic rings. The maximum atomic E-state index is 11.7. The highest BCUT2D eigenvalue weighted by Crippen LogP contribution is 2.08. The third kappa shape index (κ3) is 8.21. The van der Waals surface area contributed by atoms with E-state index in [1.165, 1.54) is 10.6 Å². The monoisotopic (exact) mass is 292 g/mol. The Hall–Kier alpha value is -0.620. The Labute approximate surface area is 117 Å². The molecule has 0 heterocycles. The summed E-state index contributed by atoms with van der Waals surface area (Å²) in [6.07, 6.45) is 2.58. The number of hydrogen-bond acceptors (Lipinski definition) is 3. The molecule has 0 aromatic heterocycles. The number of sulfonamides is 1. The second-order valence-electron chi connectivity index (χ2n) is 5.81. The molecule has 5 nitrogen and oxygen atoms in total. The zero-order chi connectivity index (χ0) is 15.2. The summed E-state index contributed by atoms with van der Waals surface area (Å²) in [6.45, 7) is 8.42. The van der Waals surface area contributed by atoms with E-state index < -0.39 is 10.0 Å². The van der Waals surface area contributed by atoms with Gasteiger partial charge in [-0.05, 0) is 25.2 Å². The van der Waals surface area contributed by atoms with E-state index in [9.17, 15) is 13.2 Å². The lowest BCUT2D eigenvalue weighted by molar-refractivity contribution is -0.122. The summed E-state index contributed by atoms with van der Waals surface area (Å²) >= 11 is 0. The summed E-state index contributed by atoms with van der Waals surface area (Å²) in [7, 11) is -1.61. The molecule has 6 heteroatoms. The van der Waals surface area contributed by atoms with Crippen molar-refractivity contribution in [1.29, 1.82) is 0 Å². The number of carbonyl (C=O) groups is 1. The van der Waals surface area contributed by atoms with E-state index in [0.29, 0.717) is 18.9 Å². The first kappa shape index (κ1) is 18.4. The van der Waals surface area contributed by atoms with Gasteiger partial charge in [-0.3, -0.25) is 4.79 Å². The molecule has 0 saturated heterocycles. The molecule has 0 aliphatic heterocycles. The quantitative estimate of drug-likeness (QED) is 0.736. The molecule has 0 fully saturated rings. The van der Waals surface area contributed by atoms with Crippen LogP contribution in [-0.2, 0) is 14.8 Å². The van der Waals surface area contributed by atoms with Crippen LogP contribution in [0.4, 0.5) is 0 Å². The van der Waals surface area contributed by atoms with Gasteiger partial charge in [-0.15, -0.1) is 0 Å². The fourth-order valence-corrected chi connectivity index (χ4v) is 2.09. The second kappa shape index (κ2) is 7.85. The summed E-state index contributed by atoms with van der Waals surface area (Å²) < 4.78 is 24.0. The van der Waals surface area contributed by atoms with Crippen molar-refractivity contribution in [3.63, 3.8) is 0 Å². The average molecular weight is 292 g/mol. The van der Waals surface area contributed by atoms with Crippen LogP contribution < -0.4 is 5.32 Å². The van der Waals surface area contributed by atoms with Gasteiger partial charge in [0.1, 0.15) is 0 Å². The van der Waals surface area contributed by atoms with Gasteiger partial charge in [-0.2, -0.15) is 0 Å². The van der Waals surface area contributed by atoms with Crippen LogP contribution in [-0.4, -0.2) is 44.5 Å². The lowest BCUT2D eigenvalue weighted by atomic mass is 10.0. The van der Waals surface area contributed by atoms with Crippen molar-refractivity contribution in [2.75, 3.05) is 19.8 Å². The van der Waals surface area contributed by atoms with Crippen molar-refractivity contribution < 1.29 is 13.2 Å². The lowest BCUT2D eigenvalue weighted by Gasteiger charge is -2.25. The molecule has 0 aliphatic carbocycles. The van der Waals surface area contributed by atoms with E-state index in [1.807, 2.05) is 13.8 Å². The zero-order valence-electron chi connectivity index (χ0n) is 12.9. The van der Waals surface area contributed by atoms with E-state index in [-0.39, 0.29) is 17.9 Å². The van der Waals surface area contributed by atoms with E-state index in [4.69, 9.17) is 0 Å². The van der Waals surface area contributed by atoms with Gasteiger partial charge >= 0.3 is 0 Å². The van der Waals surface area contributed by atoms with E-state index in [2.05, 4.69) is 19.2 Å². The first-order valence-electron chi connectivity index (χ1n) is 6.74. The van der Waals surface area contributed by atoms with Crippen LogP contribution in [0.15, 0.2) is 0 Å². The third-order valence-corrected chi connectivity index (χ3v) is 4.58. The smallest absolute Gasteiger partial charge is 0.220 e. The SMILES string of the molecule is CC(C)CCC(=O)NC(C)C(C)CN(C)S(C)(=O)=O. The number of hydrogen-bond donors (Lipinski definition) is 1. The molecule has 0 rings (SSSR count). The van der Waals surface area contributed by atoms with Crippen molar-refractivity contribution >= 4 is 15.9 Å². The minimum absolute atomic E-state index is 0.0371. The average Bonchev–Trinajstić information content (AvgIpc) is 2.24. The predicted molar refractivity (Wildman–Crippen MR) is 78.3 cm³/mol. The fourth-order valence-electron chi connectivity index (χ4n) is 1.59. The molecule has 2 atom stereocenters. The van der Waals surface area contributed by atoms with Gasteiger partial charge < -0.3 is 5.32 Å². The maximum Gasteiger partial charge on any atom is 0.220 e. The number of nitrogens with one attached hydrogen (secondary N) is 1. The Balaban J connectivity index is 4.20. The highest BCUT2D eigenvalue weighted by molar-refractivity contribution is 7.88.